The minimum atomic E-state index is -0.475. The first-order valence-corrected chi connectivity index (χ1v) is 2.70. The van der Waals surface area contributed by atoms with Crippen molar-refractivity contribution in [3.05, 3.63) is 0 Å². The Morgan fingerprint density at radius 1 is 1.90 bits per heavy atom. The van der Waals surface area contributed by atoms with Crippen LogP contribution in [-0.4, -0.2) is 19.2 Å². The molecule has 0 aliphatic heterocycles. The summed E-state index contributed by atoms with van der Waals surface area (Å²) in [5.74, 6) is 0.192. The smallest absolute Gasteiger partial charge is 0.207 e. The van der Waals surface area contributed by atoms with E-state index in [0.29, 0.717) is 0 Å². The van der Waals surface area contributed by atoms with E-state index in [1.54, 1.807) is 6.19 Å². The van der Waals surface area contributed by atoms with Crippen molar-refractivity contribution in [2.45, 2.75) is 12.6 Å². The number of nitriles is 1. The third-order valence-electron chi connectivity index (χ3n) is 0.907. The summed E-state index contributed by atoms with van der Waals surface area (Å²) in [6, 6.07) is 0. The van der Waals surface area contributed by atoms with Crippen molar-refractivity contribution in [3.63, 3.8) is 0 Å². The number of nitrogens with two attached hydrogens (primary N) is 2. The Bertz CT molecular complexity index is 160. The lowest BCUT2D eigenvalue weighted by Gasteiger charge is -2.06. The second-order valence-electron chi connectivity index (χ2n) is 1.68. The summed E-state index contributed by atoms with van der Waals surface area (Å²) < 4.78 is 4.67. The van der Waals surface area contributed by atoms with Gasteiger partial charge in [-0.2, -0.15) is 10.3 Å². The minimum absolute atomic E-state index is 0.192. The zero-order valence-corrected chi connectivity index (χ0v) is 5.74. The van der Waals surface area contributed by atoms with Crippen LogP contribution in [-0.2, 0) is 4.74 Å². The van der Waals surface area contributed by atoms with Crippen LogP contribution in [0.2, 0.25) is 0 Å². The van der Waals surface area contributed by atoms with Gasteiger partial charge in [0.1, 0.15) is 12.1 Å². The highest BCUT2D eigenvalue weighted by Crippen LogP contribution is 1.87. The third kappa shape index (κ3) is 3.83. The fraction of sp³-hybridized carbons (Fsp3) is 0.600. The Labute approximate surface area is 59.3 Å². The molecule has 0 heterocycles. The number of ether oxygens (including phenoxy) is 1. The molecule has 10 heavy (non-hydrogen) atoms. The number of nitrogens with zero attached hydrogens (tertiary/aromatic N) is 2. The van der Waals surface area contributed by atoms with E-state index in [9.17, 15) is 0 Å². The van der Waals surface area contributed by atoms with E-state index < -0.39 is 6.23 Å². The molecule has 0 bridgehead atoms. The van der Waals surface area contributed by atoms with E-state index in [2.05, 4.69) is 9.73 Å². The highest BCUT2D eigenvalue weighted by atomic mass is 16.5. The van der Waals surface area contributed by atoms with Crippen LogP contribution >= 0.6 is 0 Å². The van der Waals surface area contributed by atoms with E-state index in [-0.39, 0.29) is 12.3 Å². The molecule has 5 nitrogen and oxygen atoms in total. The highest BCUT2D eigenvalue weighted by molar-refractivity contribution is 5.81. The van der Waals surface area contributed by atoms with E-state index in [1.807, 2.05) is 0 Å². The number of aliphatic imine (C=N–C) groups is 1. The van der Waals surface area contributed by atoms with Gasteiger partial charge >= 0.3 is 0 Å². The highest BCUT2D eigenvalue weighted by Gasteiger charge is 2.01. The molecule has 0 aromatic carbocycles. The molecule has 1 unspecified atom stereocenters. The Hall–Kier alpha value is -1.12. The predicted molar refractivity (Wildman–Crippen MR) is 36.8 cm³/mol. The first-order valence-electron chi connectivity index (χ1n) is 2.70. The molecule has 56 valence electrons. The summed E-state index contributed by atoms with van der Waals surface area (Å²) in [6.07, 6.45) is 1.36. The number of rotatable bonds is 3. The second-order valence-corrected chi connectivity index (χ2v) is 1.68. The molecule has 0 aromatic rings. The fourth-order valence-electron chi connectivity index (χ4n) is 0.399. The summed E-state index contributed by atoms with van der Waals surface area (Å²) in [7, 11) is 1.46. The third-order valence-corrected chi connectivity index (χ3v) is 0.907. The van der Waals surface area contributed by atoms with Crippen molar-refractivity contribution >= 4 is 5.84 Å². The van der Waals surface area contributed by atoms with Crippen molar-refractivity contribution in [1.29, 1.82) is 5.26 Å². The fourth-order valence-corrected chi connectivity index (χ4v) is 0.399. The molecule has 0 aromatic heterocycles. The summed E-state index contributed by atoms with van der Waals surface area (Å²) in [5.41, 5.74) is 10.5. The van der Waals surface area contributed by atoms with E-state index in [4.69, 9.17) is 16.7 Å². The monoisotopic (exact) mass is 142 g/mol. The second kappa shape index (κ2) is 4.73. The van der Waals surface area contributed by atoms with Crippen molar-refractivity contribution < 1.29 is 4.74 Å². The number of methoxy groups -OCH3 is 1. The topological polar surface area (TPSA) is 97.4 Å². The first-order chi connectivity index (χ1) is 4.70. The lowest BCUT2D eigenvalue weighted by molar-refractivity contribution is 0.114. The van der Waals surface area contributed by atoms with Crippen molar-refractivity contribution in [3.8, 4) is 6.19 Å². The van der Waals surface area contributed by atoms with Gasteiger partial charge in [0, 0.05) is 13.5 Å². The van der Waals surface area contributed by atoms with Gasteiger partial charge in [0.2, 0.25) is 6.19 Å². The molecule has 0 rings (SSSR count). The Balaban J connectivity index is 3.70. The zero-order chi connectivity index (χ0) is 7.98. The average molecular weight is 142 g/mol. The number of amidine groups is 1. The maximum atomic E-state index is 8.02. The molecule has 0 saturated carbocycles. The van der Waals surface area contributed by atoms with Crippen LogP contribution < -0.4 is 11.5 Å². The maximum Gasteiger partial charge on any atom is 0.207 e. The Kier molecular flexibility index (Phi) is 4.20. The minimum Gasteiger partial charge on any atom is -0.386 e. The van der Waals surface area contributed by atoms with Crippen LogP contribution in [0.4, 0.5) is 0 Å². The van der Waals surface area contributed by atoms with Gasteiger partial charge in [0.25, 0.3) is 0 Å². The Morgan fingerprint density at radius 3 is 2.90 bits per heavy atom. The summed E-state index contributed by atoms with van der Waals surface area (Å²) in [4.78, 5) is 3.25. The van der Waals surface area contributed by atoms with Gasteiger partial charge in [-0.05, 0) is 0 Å². The summed E-state index contributed by atoms with van der Waals surface area (Å²) >= 11 is 0. The number of hydrogen-bond donors (Lipinski definition) is 2. The molecule has 5 heteroatoms. The van der Waals surface area contributed by atoms with E-state index in [0.717, 1.165) is 0 Å². The van der Waals surface area contributed by atoms with E-state index in [1.165, 1.54) is 7.11 Å². The van der Waals surface area contributed by atoms with Crippen LogP contribution in [0.5, 0.6) is 0 Å². The van der Waals surface area contributed by atoms with Gasteiger partial charge in [-0.15, -0.1) is 0 Å². The molecule has 0 radical (unpaired) electrons. The normalized spacial score (nSPS) is 14.3. The maximum absolute atomic E-state index is 8.02. The standard InChI is InChI=1S/C5H10N4O/c1-10-5(8)2-4(7)9-3-6/h5H,2,8H2,1H3,(H2,7,9). The Morgan fingerprint density at radius 2 is 2.50 bits per heavy atom. The van der Waals surface area contributed by atoms with Gasteiger partial charge in [-0.25, -0.2) is 0 Å². The van der Waals surface area contributed by atoms with Gasteiger partial charge in [0.15, 0.2) is 0 Å². The average Bonchev–Trinajstić information content (AvgIpc) is 1.88. The number of hydrogen-bond acceptors (Lipinski definition) is 4. The van der Waals surface area contributed by atoms with Crippen LogP contribution in [0, 0.1) is 11.5 Å². The molecule has 0 saturated heterocycles. The molecule has 0 spiro atoms. The van der Waals surface area contributed by atoms with Crippen LogP contribution in [0.15, 0.2) is 4.99 Å². The van der Waals surface area contributed by atoms with Crippen LogP contribution in [0.1, 0.15) is 6.42 Å². The molecular formula is C5H10N4O. The molecule has 4 N–H and O–H groups in total. The van der Waals surface area contributed by atoms with Gasteiger partial charge in [-0.3, -0.25) is 0 Å². The van der Waals surface area contributed by atoms with Crippen molar-refractivity contribution in [2.24, 2.45) is 16.5 Å². The summed E-state index contributed by atoms with van der Waals surface area (Å²) in [6.45, 7) is 0. The molecular weight excluding hydrogens is 132 g/mol. The lowest BCUT2D eigenvalue weighted by Crippen LogP contribution is -2.28. The lowest BCUT2D eigenvalue weighted by atomic mass is 10.4. The predicted octanol–water partition coefficient (Wildman–Crippen LogP) is -0.854. The molecule has 0 fully saturated rings. The molecule has 0 aliphatic carbocycles. The molecule has 1 atom stereocenters. The van der Waals surface area contributed by atoms with Crippen LogP contribution in [0.3, 0.4) is 0 Å². The largest absolute Gasteiger partial charge is 0.386 e. The molecule has 0 amide bonds. The molecule has 0 aliphatic rings. The van der Waals surface area contributed by atoms with Crippen LogP contribution in [0.25, 0.3) is 0 Å². The van der Waals surface area contributed by atoms with Gasteiger partial charge in [-0.1, -0.05) is 0 Å². The summed E-state index contributed by atoms with van der Waals surface area (Å²) in [5, 5.41) is 8.02. The van der Waals surface area contributed by atoms with Gasteiger partial charge in [0.05, 0.1) is 0 Å². The van der Waals surface area contributed by atoms with E-state index >= 15 is 0 Å². The quantitative estimate of drug-likeness (QED) is 0.232. The van der Waals surface area contributed by atoms with Gasteiger partial charge < -0.3 is 16.2 Å². The van der Waals surface area contributed by atoms with Crippen molar-refractivity contribution in [1.82, 2.24) is 0 Å². The SMILES string of the molecule is COC(N)CC(N)=NC#N. The first kappa shape index (κ1) is 8.88. The van der Waals surface area contributed by atoms with Crippen molar-refractivity contribution in [2.75, 3.05) is 7.11 Å². The zero-order valence-electron chi connectivity index (χ0n) is 5.74.